The number of rotatable bonds is 10. The van der Waals surface area contributed by atoms with Crippen LogP contribution in [0, 0.1) is 12.8 Å². The lowest BCUT2D eigenvalue weighted by Gasteiger charge is -2.26. The molecule has 180 valence electrons. The molecule has 1 aliphatic carbocycles. The normalized spacial score (nSPS) is 14.0. The number of aryl methyl sites for hydroxylation is 2. The van der Waals surface area contributed by atoms with Gasteiger partial charge in [-0.1, -0.05) is 37.3 Å². The third-order valence-electron chi connectivity index (χ3n) is 6.21. The Morgan fingerprint density at radius 2 is 1.85 bits per heavy atom. The zero-order chi connectivity index (χ0) is 24.2. The summed E-state index contributed by atoms with van der Waals surface area (Å²) < 4.78 is 10.7. The van der Waals surface area contributed by atoms with E-state index in [-0.39, 0.29) is 12.5 Å². The summed E-state index contributed by atoms with van der Waals surface area (Å²) in [6, 6.07) is 13.7. The Morgan fingerprint density at radius 1 is 1.15 bits per heavy atom. The van der Waals surface area contributed by atoms with Crippen LogP contribution >= 0.6 is 11.3 Å². The van der Waals surface area contributed by atoms with Crippen LogP contribution < -0.4 is 9.47 Å². The average Bonchev–Trinajstić information content (AvgIpc) is 3.60. The second-order valence-electron chi connectivity index (χ2n) is 8.74. The molecule has 1 heterocycles. The molecule has 1 amide bonds. The molecule has 0 radical (unpaired) electrons. The average molecular weight is 481 g/mol. The largest absolute Gasteiger partial charge is 0.493 e. The van der Waals surface area contributed by atoms with Crippen LogP contribution in [0.15, 0.2) is 42.5 Å². The number of hydrogen-bond donors (Lipinski definition) is 1. The van der Waals surface area contributed by atoms with Crippen LogP contribution in [0.2, 0.25) is 0 Å². The van der Waals surface area contributed by atoms with Gasteiger partial charge in [-0.05, 0) is 60.9 Å². The number of aromatic nitrogens is 1. The lowest BCUT2D eigenvalue weighted by molar-refractivity contribution is 0.0606. The Morgan fingerprint density at radius 3 is 2.47 bits per heavy atom. The summed E-state index contributed by atoms with van der Waals surface area (Å²) >= 11 is 1.53. The summed E-state index contributed by atoms with van der Waals surface area (Å²) in [7, 11) is 3.14. The van der Waals surface area contributed by atoms with Gasteiger partial charge in [-0.25, -0.2) is 4.98 Å². The minimum atomic E-state index is -0.852. The number of carbonyl (C=O) groups is 1. The van der Waals surface area contributed by atoms with Crippen molar-refractivity contribution in [3.63, 3.8) is 0 Å². The first-order valence-electron chi connectivity index (χ1n) is 11.7. The molecular weight excluding hydrogens is 448 g/mol. The van der Waals surface area contributed by atoms with E-state index in [0.717, 1.165) is 34.7 Å². The maximum absolute atomic E-state index is 13.7. The van der Waals surface area contributed by atoms with Crippen molar-refractivity contribution in [3.8, 4) is 21.9 Å². The molecule has 0 spiro atoms. The summed E-state index contributed by atoms with van der Waals surface area (Å²) in [5.41, 5.74) is 3.40. The van der Waals surface area contributed by atoms with Crippen molar-refractivity contribution >= 4 is 17.2 Å². The van der Waals surface area contributed by atoms with E-state index in [1.54, 1.807) is 37.3 Å². The highest BCUT2D eigenvalue weighted by molar-refractivity contribution is 7.15. The maximum atomic E-state index is 13.7. The fourth-order valence-electron chi connectivity index (χ4n) is 4.04. The van der Waals surface area contributed by atoms with Gasteiger partial charge in [-0.15, -0.1) is 11.3 Å². The van der Waals surface area contributed by atoms with Gasteiger partial charge in [0, 0.05) is 6.54 Å². The second kappa shape index (κ2) is 10.6. The molecule has 3 aromatic rings. The molecule has 1 fully saturated rings. The highest BCUT2D eigenvalue weighted by atomic mass is 32.1. The van der Waals surface area contributed by atoms with Gasteiger partial charge in [0.25, 0.3) is 5.91 Å². The third kappa shape index (κ3) is 5.42. The fraction of sp³-hybridized carbons (Fsp3) is 0.407. The van der Waals surface area contributed by atoms with Crippen molar-refractivity contribution in [2.24, 2.45) is 5.92 Å². The molecule has 1 unspecified atom stereocenters. The molecule has 6 nitrogen and oxygen atoms in total. The van der Waals surface area contributed by atoms with Crippen molar-refractivity contribution in [1.82, 2.24) is 9.88 Å². The molecule has 1 N–H and O–H groups in total. The number of aliphatic hydroxyl groups excluding tert-OH is 1. The molecule has 0 aliphatic heterocycles. The lowest BCUT2D eigenvalue weighted by atomic mass is 10.1. The number of nitrogens with zero attached hydrogens (tertiary/aromatic N) is 2. The monoisotopic (exact) mass is 480 g/mol. The molecule has 4 rings (SSSR count). The smallest absolute Gasteiger partial charge is 0.274 e. The van der Waals surface area contributed by atoms with Crippen LogP contribution in [0.4, 0.5) is 0 Å². The molecule has 1 saturated carbocycles. The van der Waals surface area contributed by atoms with E-state index < -0.39 is 6.10 Å². The van der Waals surface area contributed by atoms with Crippen LogP contribution in [0.3, 0.4) is 0 Å². The van der Waals surface area contributed by atoms with Crippen LogP contribution in [0.5, 0.6) is 11.5 Å². The summed E-state index contributed by atoms with van der Waals surface area (Å²) in [4.78, 5) is 21.0. The quantitative estimate of drug-likeness (QED) is 0.427. The number of thiazole rings is 1. The topological polar surface area (TPSA) is 71.9 Å². The zero-order valence-electron chi connectivity index (χ0n) is 20.2. The van der Waals surface area contributed by atoms with Crippen LogP contribution in [-0.2, 0) is 6.42 Å². The summed E-state index contributed by atoms with van der Waals surface area (Å²) in [5.74, 6) is 1.49. The highest BCUT2D eigenvalue weighted by Crippen LogP contribution is 2.35. The van der Waals surface area contributed by atoms with Crippen molar-refractivity contribution in [3.05, 3.63) is 64.3 Å². The van der Waals surface area contributed by atoms with E-state index in [1.807, 2.05) is 6.92 Å². The van der Waals surface area contributed by atoms with E-state index in [9.17, 15) is 9.90 Å². The van der Waals surface area contributed by atoms with Crippen LogP contribution in [0.25, 0.3) is 10.4 Å². The Kier molecular flexibility index (Phi) is 7.54. The molecule has 34 heavy (non-hydrogen) atoms. The van der Waals surface area contributed by atoms with Gasteiger partial charge in [0.2, 0.25) is 0 Å². The number of ether oxygens (including phenoxy) is 2. The molecule has 7 heteroatoms. The standard InChI is InChI=1S/C27H32N2O4S/c1-5-18-8-10-20(11-9-18)26-25(28-17(2)34-26)27(31)29(15-19-6-7-19)16-22(30)21-12-13-23(32-3)24(14-21)33-4/h8-14,19,22,30H,5-7,15-16H2,1-4H3. The van der Waals surface area contributed by atoms with Crippen molar-refractivity contribution < 1.29 is 19.4 Å². The van der Waals surface area contributed by atoms with E-state index in [1.165, 1.54) is 16.9 Å². The first-order chi connectivity index (χ1) is 16.4. The first kappa shape index (κ1) is 24.2. The predicted molar refractivity (Wildman–Crippen MR) is 135 cm³/mol. The van der Waals surface area contributed by atoms with E-state index >= 15 is 0 Å². The molecule has 1 aromatic heterocycles. The highest BCUT2D eigenvalue weighted by Gasteiger charge is 2.31. The van der Waals surface area contributed by atoms with Gasteiger partial charge in [0.05, 0.1) is 36.8 Å². The molecule has 1 aliphatic rings. The minimum absolute atomic E-state index is 0.134. The van der Waals surface area contributed by atoms with Crippen LogP contribution in [-0.4, -0.2) is 48.2 Å². The number of methoxy groups -OCH3 is 2. The molecule has 1 atom stereocenters. The summed E-state index contributed by atoms with van der Waals surface area (Å²) in [6.07, 6.45) is 2.33. The number of hydrogen-bond acceptors (Lipinski definition) is 6. The number of carbonyl (C=O) groups excluding carboxylic acids is 1. The second-order valence-corrected chi connectivity index (χ2v) is 9.95. The Labute approximate surface area is 205 Å². The van der Waals surface area contributed by atoms with Gasteiger partial charge in [0.1, 0.15) is 5.69 Å². The molecule has 2 aromatic carbocycles. The third-order valence-corrected chi connectivity index (χ3v) is 7.23. The molecule has 0 saturated heterocycles. The van der Waals surface area contributed by atoms with Crippen molar-refractivity contribution in [1.29, 1.82) is 0 Å². The van der Waals surface area contributed by atoms with Gasteiger partial charge in [-0.2, -0.15) is 0 Å². The van der Waals surface area contributed by atoms with Gasteiger partial charge >= 0.3 is 0 Å². The zero-order valence-corrected chi connectivity index (χ0v) is 21.0. The minimum Gasteiger partial charge on any atom is -0.493 e. The van der Waals surface area contributed by atoms with E-state index in [0.29, 0.717) is 35.2 Å². The molecule has 0 bridgehead atoms. The number of amides is 1. The van der Waals surface area contributed by atoms with Crippen molar-refractivity contribution in [2.45, 2.75) is 39.2 Å². The van der Waals surface area contributed by atoms with Crippen LogP contribution in [0.1, 0.15) is 52.5 Å². The Hall–Kier alpha value is -2.90. The maximum Gasteiger partial charge on any atom is 0.274 e. The van der Waals surface area contributed by atoms with Gasteiger partial charge < -0.3 is 19.5 Å². The fourth-order valence-corrected chi connectivity index (χ4v) is 4.95. The van der Waals surface area contributed by atoms with E-state index in [4.69, 9.17) is 9.47 Å². The number of benzene rings is 2. The lowest BCUT2D eigenvalue weighted by Crippen LogP contribution is -2.37. The SMILES string of the molecule is CCc1ccc(-c2sc(C)nc2C(=O)N(CC2CC2)CC(O)c2ccc(OC)c(OC)c2)cc1. The first-order valence-corrected chi connectivity index (χ1v) is 12.5. The number of aliphatic hydroxyl groups is 1. The predicted octanol–water partition coefficient (Wildman–Crippen LogP) is 5.28. The summed E-state index contributed by atoms with van der Waals surface area (Å²) in [6.45, 7) is 4.86. The summed E-state index contributed by atoms with van der Waals surface area (Å²) in [5, 5.41) is 11.9. The van der Waals surface area contributed by atoms with E-state index in [2.05, 4.69) is 36.2 Å². The molecular formula is C27H32N2O4S. The Bertz CT molecular complexity index is 1140. The van der Waals surface area contributed by atoms with Crippen molar-refractivity contribution in [2.75, 3.05) is 27.3 Å². The van der Waals surface area contributed by atoms with Gasteiger partial charge in [0.15, 0.2) is 11.5 Å². The Balaban J connectivity index is 1.60. The van der Waals surface area contributed by atoms with Gasteiger partial charge in [-0.3, -0.25) is 4.79 Å².